The van der Waals surface area contributed by atoms with Crippen molar-refractivity contribution in [2.24, 2.45) is 7.05 Å². The SMILES string of the molecule is CCc1[nH]cc(N2CCc3ccccc32)[n+]1C. The van der Waals surface area contributed by atoms with Crippen LogP contribution < -0.4 is 9.47 Å². The number of anilines is 2. The van der Waals surface area contributed by atoms with Gasteiger partial charge in [-0.1, -0.05) is 25.1 Å². The summed E-state index contributed by atoms with van der Waals surface area (Å²) >= 11 is 0. The van der Waals surface area contributed by atoms with E-state index < -0.39 is 0 Å². The van der Waals surface area contributed by atoms with Gasteiger partial charge in [-0.2, -0.15) is 0 Å². The molecule has 17 heavy (non-hydrogen) atoms. The lowest BCUT2D eigenvalue weighted by Gasteiger charge is -2.12. The third kappa shape index (κ3) is 1.54. The zero-order valence-corrected chi connectivity index (χ0v) is 10.4. The first-order valence-corrected chi connectivity index (χ1v) is 6.23. The van der Waals surface area contributed by atoms with E-state index >= 15 is 0 Å². The number of para-hydroxylation sites is 1. The van der Waals surface area contributed by atoms with Crippen LogP contribution >= 0.6 is 0 Å². The van der Waals surface area contributed by atoms with E-state index in [1.165, 1.54) is 22.9 Å². The van der Waals surface area contributed by atoms with Crippen molar-refractivity contribution in [2.45, 2.75) is 19.8 Å². The second kappa shape index (κ2) is 3.91. The molecule has 0 spiro atoms. The van der Waals surface area contributed by atoms with Gasteiger partial charge >= 0.3 is 0 Å². The molecule has 88 valence electrons. The molecule has 3 nitrogen and oxygen atoms in total. The molecule has 0 atom stereocenters. The number of rotatable bonds is 2. The summed E-state index contributed by atoms with van der Waals surface area (Å²) in [5.74, 6) is 2.52. The molecule has 0 fully saturated rings. The summed E-state index contributed by atoms with van der Waals surface area (Å²) in [5, 5.41) is 0. The number of fused-ring (bicyclic) bond motifs is 1. The van der Waals surface area contributed by atoms with Gasteiger partial charge in [0.25, 0.3) is 5.82 Å². The van der Waals surface area contributed by atoms with Gasteiger partial charge in [0.05, 0.1) is 13.6 Å². The van der Waals surface area contributed by atoms with Crippen molar-refractivity contribution in [1.82, 2.24) is 4.98 Å². The van der Waals surface area contributed by atoms with Gasteiger partial charge < -0.3 is 0 Å². The largest absolute Gasteiger partial charge is 0.277 e. The summed E-state index contributed by atoms with van der Waals surface area (Å²) in [5.41, 5.74) is 2.80. The third-order valence-corrected chi connectivity index (χ3v) is 3.62. The minimum atomic E-state index is 1.03. The lowest BCUT2D eigenvalue weighted by atomic mass is 10.2. The molecule has 0 amide bonds. The monoisotopic (exact) mass is 228 g/mol. The molecule has 1 N–H and O–H groups in total. The number of benzene rings is 1. The van der Waals surface area contributed by atoms with Crippen molar-refractivity contribution >= 4 is 11.5 Å². The summed E-state index contributed by atoms with van der Waals surface area (Å²) in [6.07, 6.45) is 4.29. The highest BCUT2D eigenvalue weighted by Crippen LogP contribution is 2.32. The number of nitrogens with one attached hydrogen (secondary N) is 1. The molecule has 2 heterocycles. The number of imidazole rings is 1. The highest BCUT2D eigenvalue weighted by Gasteiger charge is 2.28. The van der Waals surface area contributed by atoms with Gasteiger partial charge in [0.1, 0.15) is 11.9 Å². The third-order valence-electron chi connectivity index (χ3n) is 3.62. The first-order chi connectivity index (χ1) is 8.31. The van der Waals surface area contributed by atoms with E-state index in [2.05, 4.69) is 58.9 Å². The fraction of sp³-hybridized carbons (Fsp3) is 0.357. The molecule has 0 saturated heterocycles. The second-order valence-corrected chi connectivity index (χ2v) is 4.54. The van der Waals surface area contributed by atoms with Crippen LogP contribution in [-0.2, 0) is 19.9 Å². The average Bonchev–Trinajstić information content (AvgIpc) is 2.92. The van der Waals surface area contributed by atoms with Crippen molar-refractivity contribution in [1.29, 1.82) is 0 Å². The van der Waals surface area contributed by atoms with Crippen LogP contribution in [-0.4, -0.2) is 11.5 Å². The molecule has 0 saturated carbocycles. The number of hydrogen-bond donors (Lipinski definition) is 1. The standard InChI is InChI=1S/C14H17N3/c1-3-13-15-10-14(16(13)2)17-9-8-11-6-4-5-7-12(11)17/h4-7,10H,3,8-9H2,1-2H3/p+1. The molecule has 1 aliphatic rings. The van der Waals surface area contributed by atoms with E-state index in [0.29, 0.717) is 0 Å². The Bertz CT molecular complexity index is 542. The predicted molar refractivity (Wildman–Crippen MR) is 68.5 cm³/mol. The Morgan fingerprint density at radius 3 is 2.94 bits per heavy atom. The van der Waals surface area contributed by atoms with Crippen molar-refractivity contribution in [2.75, 3.05) is 11.4 Å². The van der Waals surface area contributed by atoms with Gasteiger partial charge in [-0.15, -0.1) is 0 Å². The van der Waals surface area contributed by atoms with Crippen molar-refractivity contribution < 1.29 is 4.57 Å². The molecule has 0 bridgehead atoms. The summed E-state index contributed by atoms with van der Waals surface area (Å²) in [6.45, 7) is 3.25. The van der Waals surface area contributed by atoms with Gasteiger partial charge in [0, 0.05) is 12.8 Å². The topological polar surface area (TPSA) is 22.9 Å². The molecule has 0 aliphatic carbocycles. The van der Waals surface area contributed by atoms with Crippen LogP contribution in [0.25, 0.3) is 0 Å². The molecule has 2 aromatic rings. The van der Waals surface area contributed by atoms with Gasteiger partial charge in [-0.25, -0.2) is 4.57 Å². The number of hydrogen-bond acceptors (Lipinski definition) is 1. The van der Waals surface area contributed by atoms with Crippen LogP contribution in [0.3, 0.4) is 0 Å². The number of aryl methyl sites for hydroxylation is 1. The van der Waals surface area contributed by atoms with E-state index in [0.717, 1.165) is 19.4 Å². The minimum Gasteiger partial charge on any atom is -0.277 e. The number of aromatic amines is 1. The van der Waals surface area contributed by atoms with Crippen LogP contribution in [0.5, 0.6) is 0 Å². The normalized spacial score (nSPS) is 14.1. The number of nitrogens with zero attached hydrogens (tertiary/aromatic N) is 2. The van der Waals surface area contributed by atoms with Crippen LogP contribution in [0.15, 0.2) is 30.5 Å². The zero-order chi connectivity index (χ0) is 11.8. The molecular formula is C14H18N3+. The first-order valence-electron chi connectivity index (χ1n) is 6.23. The summed E-state index contributed by atoms with van der Waals surface area (Å²) in [7, 11) is 2.13. The summed E-state index contributed by atoms with van der Waals surface area (Å²) in [4.78, 5) is 5.75. The maximum atomic E-state index is 3.35. The Balaban J connectivity index is 2.04. The van der Waals surface area contributed by atoms with E-state index in [-0.39, 0.29) is 0 Å². The lowest BCUT2D eigenvalue weighted by Crippen LogP contribution is -2.37. The minimum absolute atomic E-state index is 1.03. The van der Waals surface area contributed by atoms with E-state index in [4.69, 9.17) is 0 Å². The van der Waals surface area contributed by atoms with E-state index in [1.54, 1.807) is 0 Å². The van der Waals surface area contributed by atoms with E-state index in [9.17, 15) is 0 Å². The fourth-order valence-electron chi connectivity index (χ4n) is 2.65. The molecule has 3 rings (SSSR count). The Hall–Kier alpha value is -1.77. The van der Waals surface area contributed by atoms with Crippen molar-refractivity contribution in [3.05, 3.63) is 41.9 Å². The second-order valence-electron chi connectivity index (χ2n) is 4.54. The fourth-order valence-corrected chi connectivity index (χ4v) is 2.65. The molecule has 0 radical (unpaired) electrons. The Kier molecular flexibility index (Phi) is 2.39. The van der Waals surface area contributed by atoms with Crippen LogP contribution in [0.1, 0.15) is 18.3 Å². The molecule has 1 aromatic heterocycles. The van der Waals surface area contributed by atoms with Gasteiger partial charge in [-0.3, -0.25) is 9.88 Å². The number of aromatic nitrogens is 2. The van der Waals surface area contributed by atoms with Crippen molar-refractivity contribution in [3.8, 4) is 0 Å². The Morgan fingerprint density at radius 1 is 1.35 bits per heavy atom. The van der Waals surface area contributed by atoms with E-state index in [1.807, 2.05) is 0 Å². The van der Waals surface area contributed by atoms with Gasteiger partial charge in [0.2, 0.25) is 5.82 Å². The van der Waals surface area contributed by atoms with Gasteiger partial charge in [0.15, 0.2) is 0 Å². The molecule has 3 heteroatoms. The van der Waals surface area contributed by atoms with Crippen LogP contribution in [0.2, 0.25) is 0 Å². The predicted octanol–water partition coefficient (Wildman–Crippen LogP) is 2.10. The summed E-state index contributed by atoms with van der Waals surface area (Å²) < 4.78 is 2.25. The van der Waals surface area contributed by atoms with Gasteiger partial charge in [-0.05, 0) is 11.6 Å². The molecular weight excluding hydrogens is 210 g/mol. The first kappa shape index (κ1) is 10.4. The van der Waals surface area contributed by atoms with Crippen molar-refractivity contribution in [3.63, 3.8) is 0 Å². The maximum absolute atomic E-state index is 3.35. The lowest BCUT2D eigenvalue weighted by molar-refractivity contribution is -0.665. The Morgan fingerprint density at radius 2 is 2.18 bits per heavy atom. The average molecular weight is 228 g/mol. The van der Waals surface area contributed by atoms with Crippen LogP contribution in [0.4, 0.5) is 11.5 Å². The van der Waals surface area contributed by atoms with Crippen LogP contribution in [0, 0.1) is 0 Å². The molecule has 1 aromatic carbocycles. The smallest absolute Gasteiger partial charge is 0.260 e. The zero-order valence-electron chi connectivity index (χ0n) is 10.4. The molecule has 1 aliphatic heterocycles. The maximum Gasteiger partial charge on any atom is 0.260 e. The summed E-state index contributed by atoms with van der Waals surface area (Å²) in [6, 6.07) is 8.67. The Labute approximate surface area is 102 Å². The highest BCUT2D eigenvalue weighted by molar-refractivity contribution is 5.65. The number of H-pyrrole nitrogens is 1. The quantitative estimate of drug-likeness (QED) is 0.782. The highest BCUT2D eigenvalue weighted by atomic mass is 15.3. The molecule has 0 unspecified atom stereocenters.